The molecule has 0 N–H and O–H groups in total. The number of aryl methyl sites for hydroxylation is 1. The topological polar surface area (TPSA) is 30.2 Å². The Hall–Kier alpha value is -3.72. The van der Waals surface area contributed by atoms with Crippen LogP contribution < -0.4 is 0 Å². The predicted octanol–water partition coefficient (Wildman–Crippen LogP) is 7.29. The van der Waals surface area contributed by atoms with Crippen molar-refractivity contribution < 1.29 is 0 Å². The van der Waals surface area contributed by atoms with Gasteiger partial charge in [0.2, 0.25) is 0 Å². The number of fused-ring (bicyclic) bond motifs is 6. The third-order valence-electron chi connectivity index (χ3n) is 6.22. The molecule has 3 heterocycles. The molecule has 3 aromatic carbocycles. The predicted molar refractivity (Wildman–Crippen MR) is 130 cm³/mol. The van der Waals surface area contributed by atoms with Crippen LogP contribution in [0.1, 0.15) is 30.9 Å². The van der Waals surface area contributed by atoms with Gasteiger partial charge in [0, 0.05) is 11.8 Å². The van der Waals surface area contributed by atoms with Gasteiger partial charge in [-0.25, -0.2) is 4.98 Å². The van der Waals surface area contributed by atoms with Crippen molar-refractivity contribution in [1.29, 1.82) is 0 Å². The molecule has 0 bridgehead atoms. The molecule has 0 radical (unpaired) electrons. The zero-order chi connectivity index (χ0) is 21.1. The monoisotopic (exact) mass is 401 g/mol. The van der Waals surface area contributed by atoms with Crippen LogP contribution in [0.3, 0.4) is 0 Å². The van der Waals surface area contributed by atoms with Crippen LogP contribution in [0.5, 0.6) is 0 Å². The highest BCUT2D eigenvalue weighted by Crippen LogP contribution is 2.35. The molecular formula is C28H23N3. The third-order valence-corrected chi connectivity index (χ3v) is 6.22. The normalized spacial score (nSPS) is 12.0. The van der Waals surface area contributed by atoms with E-state index in [2.05, 4.69) is 91.9 Å². The second-order valence-electron chi connectivity index (χ2n) is 8.67. The Labute approximate surface area is 181 Å². The molecule has 0 fully saturated rings. The van der Waals surface area contributed by atoms with Crippen LogP contribution in [-0.4, -0.2) is 14.4 Å². The summed E-state index contributed by atoms with van der Waals surface area (Å²) in [6.45, 7) is 6.68. The lowest BCUT2D eigenvalue weighted by Crippen LogP contribution is -1.95. The van der Waals surface area contributed by atoms with Gasteiger partial charge in [-0.2, -0.15) is 0 Å². The number of benzene rings is 3. The molecule has 150 valence electrons. The maximum atomic E-state index is 4.91. The Morgan fingerprint density at radius 3 is 2.55 bits per heavy atom. The van der Waals surface area contributed by atoms with Gasteiger partial charge in [-0.15, -0.1) is 0 Å². The van der Waals surface area contributed by atoms with E-state index in [1.54, 1.807) is 0 Å². The molecule has 0 aliphatic rings. The summed E-state index contributed by atoms with van der Waals surface area (Å²) >= 11 is 0. The molecule has 0 saturated heterocycles. The van der Waals surface area contributed by atoms with Crippen molar-refractivity contribution in [2.45, 2.75) is 26.7 Å². The van der Waals surface area contributed by atoms with Crippen molar-refractivity contribution in [3.63, 3.8) is 0 Å². The van der Waals surface area contributed by atoms with Crippen LogP contribution in [-0.2, 0) is 0 Å². The van der Waals surface area contributed by atoms with Crippen LogP contribution in [0.2, 0.25) is 0 Å². The van der Waals surface area contributed by atoms with E-state index in [-0.39, 0.29) is 0 Å². The van der Waals surface area contributed by atoms with Gasteiger partial charge in [-0.05, 0) is 71.0 Å². The molecule has 6 rings (SSSR count). The number of nitrogens with zero attached hydrogens (tertiary/aromatic N) is 3. The van der Waals surface area contributed by atoms with Gasteiger partial charge < -0.3 is 0 Å². The van der Waals surface area contributed by atoms with Crippen molar-refractivity contribution in [2.24, 2.45) is 0 Å². The number of imidazole rings is 1. The van der Waals surface area contributed by atoms with Gasteiger partial charge in [0.25, 0.3) is 0 Å². The molecule has 0 spiro atoms. The van der Waals surface area contributed by atoms with E-state index in [0.29, 0.717) is 5.92 Å². The number of hydrogen-bond donors (Lipinski definition) is 0. The van der Waals surface area contributed by atoms with E-state index in [4.69, 9.17) is 9.97 Å². The van der Waals surface area contributed by atoms with Crippen LogP contribution >= 0.6 is 0 Å². The lowest BCUT2D eigenvalue weighted by atomic mass is 9.91. The first-order valence-corrected chi connectivity index (χ1v) is 10.8. The van der Waals surface area contributed by atoms with Crippen molar-refractivity contribution in [3.05, 3.63) is 90.1 Å². The quantitative estimate of drug-likeness (QED) is 0.305. The maximum absolute atomic E-state index is 4.91. The lowest BCUT2D eigenvalue weighted by Gasteiger charge is -2.14. The molecule has 3 heteroatoms. The fourth-order valence-corrected chi connectivity index (χ4v) is 4.72. The van der Waals surface area contributed by atoms with Crippen LogP contribution in [0.4, 0.5) is 0 Å². The molecule has 0 saturated carbocycles. The third kappa shape index (κ3) is 2.73. The number of rotatable bonds is 2. The summed E-state index contributed by atoms with van der Waals surface area (Å²) in [5, 5.41) is 3.78. The van der Waals surface area contributed by atoms with E-state index in [9.17, 15) is 0 Å². The highest BCUT2D eigenvalue weighted by molar-refractivity contribution is 5.99. The maximum Gasteiger partial charge on any atom is 0.138 e. The first-order valence-electron chi connectivity index (χ1n) is 10.8. The smallest absolute Gasteiger partial charge is 0.138 e. The van der Waals surface area contributed by atoms with E-state index in [1.807, 2.05) is 12.3 Å². The average molecular weight is 402 g/mol. The molecule has 0 aliphatic heterocycles. The molecule has 6 aromatic rings. The molecule has 0 amide bonds. The fraction of sp³-hybridized carbons (Fsp3) is 0.143. The summed E-state index contributed by atoms with van der Waals surface area (Å²) in [7, 11) is 0. The minimum Gasteiger partial charge on any atom is -0.290 e. The van der Waals surface area contributed by atoms with Crippen LogP contribution in [0, 0.1) is 6.92 Å². The number of pyridine rings is 2. The van der Waals surface area contributed by atoms with Crippen molar-refractivity contribution in [2.75, 3.05) is 0 Å². The van der Waals surface area contributed by atoms with Crippen molar-refractivity contribution in [3.8, 4) is 11.3 Å². The summed E-state index contributed by atoms with van der Waals surface area (Å²) in [5.41, 5.74) is 8.89. The van der Waals surface area contributed by atoms with E-state index in [1.165, 1.54) is 27.3 Å². The fourth-order valence-electron chi connectivity index (χ4n) is 4.72. The van der Waals surface area contributed by atoms with Crippen LogP contribution in [0.15, 0.2) is 79.0 Å². The summed E-state index contributed by atoms with van der Waals surface area (Å²) < 4.78 is 2.25. The van der Waals surface area contributed by atoms with E-state index in [0.717, 1.165) is 33.5 Å². The van der Waals surface area contributed by atoms with Crippen molar-refractivity contribution >= 4 is 38.4 Å². The largest absolute Gasteiger partial charge is 0.290 e. The minimum atomic E-state index is 0.423. The number of aromatic nitrogens is 3. The highest BCUT2D eigenvalue weighted by Gasteiger charge is 2.16. The number of para-hydroxylation sites is 1. The average Bonchev–Trinajstić information content (AvgIpc) is 3.17. The Morgan fingerprint density at radius 2 is 1.68 bits per heavy atom. The Balaban J connectivity index is 1.75. The highest BCUT2D eigenvalue weighted by atomic mass is 15.0. The Bertz CT molecular complexity index is 1620. The first kappa shape index (κ1) is 18.1. The molecule has 0 unspecified atom stereocenters. The molecule has 0 aliphatic carbocycles. The molecule has 0 atom stereocenters. The van der Waals surface area contributed by atoms with Crippen molar-refractivity contribution in [1.82, 2.24) is 14.4 Å². The standard InChI is InChI=1S/C28H23N3/c1-17(2)22-16-21(15-20-9-8-18(3)14-23(20)22)27-28-24(12-13-29-27)30-26-11-10-19-6-4-5-7-25(19)31(26)28/h4-17H,1-3H3. The second-order valence-corrected chi connectivity index (χ2v) is 8.67. The summed E-state index contributed by atoms with van der Waals surface area (Å²) in [5.74, 6) is 0.423. The van der Waals surface area contributed by atoms with E-state index < -0.39 is 0 Å². The Kier molecular flexibility index (Phi) is 3.87. The zero-order valence-electron chi connectivity index (χ0n) is 17.9. The molecule has 31 heavy (non-hydrogen) atoms. The SMILES string of the molecule is Cc1ccc2cc(-c3nccc4nc5ccc6ccccc6n5c34)cc(C(C)C)c2c1. The van der Waals surface area contributed by atoms with E-state index >= 15 is 0 Å². The zero-order valence-corrected chi connectivity index (χ0v) is 17.9. The molecule has 3 aromatic heterocycles. The lowest BCUT2D eigenvalue weighted by molar-refractivity contribution is 0.876. The van der Waals surface area contributed by atoms with Crippen LogP contribution in [0.25, 0.3) is 49.6 Å². The Morgan fingerprint density at radius 1 is 0.839 bits per heavy atom. The summed E-state index contributed by atoms with van der Waals surface area (Å²) in [4.78, 5) is 9.78. The molecule has 3 nitrogen and oxygen atoms in total. The molecular weight excluding hydrogens is 378 g/mol. The summed E-state index contributed by atoms with van der Waals surface area (Å²) in [6, 6.07) is 26.0. The summed E-state index contributed by atoms with van der Waals surface area (Å²) in [6.07, 6.45) is 1.88. The van der Waals surface area contributed by atoms with Gasteiger partial charge in [0.15, 0.2) is 0 Å². The van der Waals surface area contributed by atoms with Gasteiger partial charge in [0.1, 0.15) is 5.65 Å². The van der Waals surface area contributed by atoms with Gasteiger partial charge in [-0.3, -0.25) is 9.38 Å². The van der Waals surface area contributed by atoms with Gasteiger partial charge in [-0.1, -0.05) is 55.8 Å². The number of hydrogen-bond acceptors (Lipinski definition) is 2. The minimum absolute atomic E-state index is 0.423. The van der Waals surface area contributed by atoms with Gasteiger partial charge >= 0.3 is 0 Å². The first-order chi connectivity index (χ1) is 15.1. The second kappa shape index (κ2) is 6.64. The van der Waals surface area contributed by atoms with Gasteiger partial charge in [0.05, 0.1) is 22.2 Å².